The van der Waals surface area contributed by atoms with Gasteiger partial charge in [0.05, 0.1) is 24.3 Å². The minimum atomic E-state index is -0.391. The predicted octanol–water partition coefficient (Wildman–Crippen LogP) is 8.93. The molecule has 6 heteroatoms. The van der Waals surface area contributed by atoms with E-state index < -0.39 is 11.9 Å². The number of unbranched alkanes of at least 4 members (excludes halogenated alkanes) is 14. The van der Waals surface area contributed by atoms with Gasteiger partial charge in [-0.15, -0.1) is 0 Å². The summed E-state index contributed by atoms with van der Waals surface area (Å²) in [6, 6.07) is 6.66. The summed E-state index contributed by atoms with van der Waals surface area (Å²) >= 11 is 0. The van der Waals surface area contributed by atoms with Crippen molar-refractivity contribution in [1.82, 2.24) is 9.80 Å². The second-order valence-corrected chi connectivity index (χ2v) is 12.1. The van der Waals surface area contributed by atoms with Gasteiger partial charge >= 0.3 is 11.9 Å². The first-order valence-electron chi connectivity index (χ1n) is 17.3. The molecule has 0 bridgehead atoms. The lowest BCUT2D eigenvalue weighted by atomic mass is 10.1. The van der Waals surface area contributed by atoms with Gasteiger partial charge in [-0.3, -0.25) is 0 Å². The third-order valence-corrected chi connectivity index (χ3v) is 7.96. The fourth-order valence-corrected chi connectivity index (χ4v) is 5.19. The lowest BCUT2D eigenvalue weighted by Gasteiger charge is -2.16. The zero-order valence-corrected chi connectivity index (χ0v) is 27.8. The topological polar surface area (TPSA) is 59.1 Å². The van der Waals surface area contributed by atoms with E-state index in [1.54, 1.807) is 24.3 Å². The molecule has 1 aromatic rings. The van der Waals surface area contributed by atoms with E-state index in [9.17, 15) is 9.59 Å². The molecule has 0 saturated heterocycles. The van der Waals surface area contributed by atoms with Crippen molar-refractivity contribution in [2.45, 2.75) is 129 Å². The van der Waals surface area contributed by atoms with Gasteiger partial charge in [0.25, 0.3) is 0 Å². The molecule has 0 saturated carbocycles. The average Bonchev–Trinajstić information content (AvgIpc) is 3.00. The van der Waals surface area contributed by atoms with Crippen LogP contribution in [0.2, 0.25) is 0 Å². The van der Waals surface area contributed by atoms with E-state index in [2.05, 4.69) is 37.7 Å². The van der Waals surface area contributed by atoms with Crippen LogP contribution in [0.15, 0.2) is 24.3 Å². The number of rotatable bonds is 28. The highest BCUT2D eigenvalue weighted by Crippen LogP contribution is 2.11. The lowest BCUT2D eigenvalue weighted by molar-refractivity contribution is 0.0489. The van der Waals surface area contributed by atoms with Crippen molar-refractivity contribution in [3.63, 3.8) is 0 Å². The predicted molar refractivity (Wildman–Crippen MR) is 176 cm³/mol. The number of carbonyl (C=O) groups is 2. The first-order chi connectivity index (χ1) is 20.5. The monoisotopic (exact) mass is 588 g/mol. The van der Waals surface area contributed by atoms with Gasteiger partial charge in [-0.25, -0.2) is 9.59 Å². The van der Waals surface area contributed by atoms with Crippen LogP contribution in [-0.4, -0.2) is 75.2 Å². The Kier molecular flexibility index (Phi) is 24.2. The molecule has 0 radical (unpaired) electrons. The highest BCUT2D eigenvalue weighted by atomic mass is 16.5. The van der Waals surface area contributed by atoms with Crippen molar-refractivity contribution in [1.29, 1.82) is 0 Å². The van der Waals surface area contributed by atoms with Crippen LogP contribution in [0, 0.1) is 0 Å². The standard InChI is InChI=1S/C36H64N2O4/c1-5-7-9-11-13-15-17-19-26-37(3)28-22-30-41-35(39)33-24-21-25-34(32-33)36(40)42-31-23-29-38(4)27-20-18-16-14-12-10-8-6-2/h21,24-25,32H,5-20,22-23,26-31H2,1-4H3. The molecule has 0 fully saturated rings. The summed E-state index contributed by atoms with van der Waals surface area (Å²) in [4.78, 5) is 29.7. The van der Waals surface area contributed by atoms with Gasteiger partial charge in [-0.1, -0.05) is 110 Å². The molecule has 1 aromatic carbocycles. The van der Waals surface area contributed by atoms with Gasteiger partial charge in [0.15, 0.2) is 0 Å². The summed E-state index contributed by atoms with van der Waals surface area (Å²) in [5, 5.41) is 0. The van der Waals surface area contributed by atoms with Crippen molar-refractivity contribution in [2.24, 2.45) is 0 Å². The summed E-state index contributed by atoms with van der Waals surface area (Å²) in [6.07, 6.45) is 22.8. The highest BCUT2D eigenvalue weighted by Gasteiger charge is 2.13. The third-order valence-electron chi connectivity index (χ3n) is 7.96. The van der Waals surface area contributed by atoms with Gasteiger partial charge < -0.3 is 19.3 Å². The molecule has 0 amide bonds. The van der Waals surface area contributed by atoms with Gasteiger partial charge in [-0.05, 0) is 71.1 Å². The minimum absolute atomic E-state index is 0.377. The zero-order chi connectivity index (χ0) is 30.7. The van der Waals surface area contributed by atoms with Crippen LogP contribution < -0.4 is 0 Å². The Morgan fingerprint density at radius 2 is 0.857 bits per heavy atom. The van der Waals surface area contributed by atoms with Crippen LogP contribution in [0.4, 0.5) is 0 Å². The molecule has 42 heavy (non-hydrogen) atoms. The molecule has 0 aromatic heterocycles. The Balaban J connectivity index is 2.14. The normalized spacial score (nSPS) is 11.4. The first kappa shape index (κ1) is 38.1. The summed E-state index contributed by atoms with van der Waals surface area (Å²) in [6.45, 7) is 9.25. The largest absolute Gasteiger partial charge is 0.462 e. The number of ether oxygens (including phenoxy) is 2. The van der Waals surface area contributed by atoms with Crippen LogP contribution in [0.25, 0.3) is 0 Å². The molecule has 0 aliphatic carbocycles. The van der Waals surface area contributed by atoms with E-state index in [0.717, 1.165) is 39.0 Å². The summed E-state index contributed by atoms with van der Waals surface area (Å²) in [5.41, 5.74) is 0.781. The second kappa shape index (κ2) is 26.7. The van der Waals surface area contributed by atoms with Crippen molar-refractivity contribution in [2.75, 3.05) is 53.5 Å². The van der Waals surface area contributed by atoms with Crippen LogP contribution in [0.1, 0.15) is 150 Å². The number of esters is 2. The average molecular weight is 589 g/mol. The molecule has 1 rings (SSSR count). The smallest absolute Gasteiger partial charge is 0.338 e. The molecular formula is C36H64N2O4. The van der Waals surface area contributed by atoms with E-state index in [1.165, 1.54) is 103 Å². The Hall–Kier alpha value is -1.92. The quantitative estimate of drug-likeness (QED) is 0.0719. The van der Waals surface area contributed by atoms with Gasteiger partial charge in [-0.2, -0.15) is 0 Å². The van der Waals surface area contributed by atoms with E-state index in [1.807, 2.05) is 0 Å². The highest BCUT2D eigenvalue weighted by molar-refractivity contribution is 5.95. The SMILES string of the molecule is CCCCCCCCCCN(C)CCCOC(=O)c1cccc(C(=O)OCCCN(C)CCCCCCCCCC)c1. The number of benzene rings is 1. The van der Waals surface area contributed by atoms with Crippen molar-refractivity contribution >= 4 is 11.9 Å². The van der Waals surface area contributed by atoms with Gasteiger partial charge in [0, 0.05) is 13.1 Å². The lowest BCUT2D eigenvalue weighted by Crippen LogP contribution is -2.22. The fraction of sp³-hybridized carbons (Fsp3) is 0.778. The van der Waals surface area contributed by atoms with Crippen LogP contribution in [0.5, 0.6) is 0 Å². The second-order valence-electron chi connectivity index (χ2n) is 12.1. The molecule has 0 aliphatic heterocycles. The maximum Gasteiger partial charge on any atom is 0.338 e. The first-order valence-corrected chi connectivity index (χ1v) is 17.3. The van der Waals surface area contributed by atoms with E-state index in [0.29, 0.717) is 24.3 Å². The van der Waals surface area contributed by atoms with Gasteiger partial charge in [0.1, 0.15) is 0 Å². The molecular weight excluding hydrogens is 524 g/mol. The summed E-state index contributed by atoms with van der Waals surface area (Å²) < 4.78 is 10.9. The summed E-state index contributed by atoms with van der Waals surface area (Å²) in [5.74, 6) is -0.782. The molecule has 0 heterocycles. The van der Waals surface area contributed by atoms with E-state index in [-0.39, 0.29) is 0 Å². The molecule has 0 atom stereocenters. The van der Waals surface area contributed by atoms with Crippen LogP contribution >= 0.6 is 0 Å². The Morgan fingerprint density at radius 1 is 0.524 bits per heavy atom. The molecule has 242 valence electrons. The Morgan fingerprint density at radius 3 is 1.24 bits per heavy atom. The molecule has 0 unspecified atom stereocenters. The van der Waals surface area contributed by atoms with Crippen molar-refractivity contribution in [3.05, 3.63) is 35.4 Å². The summed E-state index contributed by atoms with van der Waals surface area (Å²) in [7, 11) is 4.26. The maximum atomic E-state index is 12.5. The third kappa shape index (κ3) is 20.9. The Labute approximate surface area is 258 Å². The van der Waals surface area contributed by atoms with Crippen molar-refractivity contribution < 1.29 is 19.1 Å². The number of hydrogen-bond donors (Lipinski definition) is 0. The van der Waals surface area contributed by atoms with E-state index >= 15 is 0 Å². The molecule has 0 spiro atoms. The van der Waals surface area contributed by atoms with Crippen LogP contribution in [0.3, 0.4) is 0 Å². The fourth-order valence-electron chi connectivity index (χ4n) is 5.19. The number of hydrogen-bond acceptors (Lipinski definition) is 6. The molecule has 0 aliphatic rings. The van der Waals surface area contributed by atoms with Crippen molar-refractivity contribution in [3.8, 4) is 0 Å². The Bertz CT molecular complexity index is 739. The zero-order valence-electron chi connectivity index (χ0n) is 27.8. The van der Waals surface area contributed by atoms with E-state index in [4.69, 9.17) is 9.47 Å². The van der Waals surface area contributed by atoms with Gasteiger partial charge in [0.2, 0.25) is 0 Å². The maximum absolute atomic E-state index is 12.5. The molecule has 0 N–H and O–H groups in total. The number of carbonyl (C=O) groups excluding carboxylic acids is 2. The number of nitrogens with zero attached hydrogens (tertiary/aromatic N) is 2. The minimum Gasteiger partial charge on any atom is -0.462 e. The molecule has 6 nitrogen and oxygen atoms in total. The van der Waals surface area contributed by atoms with Crippen LogP contribution in [-0.2, 0) is 9.47 Å².